The number of carbonyl (C=O) groups is 1. The highest BCUT2D eigenvalue weighted by atomic mass is 16.6. The van der Waals surface area contributed by atoms with Crippen molar-refractivity contribution in [2.75, 3.05) is 19.7 Å². The normalized spacial score (nSPS) is 30.6. The number of aromatic nitrogens is 2. The zero-order chi connectivity index (χ0) is 22.2. The molecule has 1 aromatic carbocycles. The minimum absolute atomic E-state index is 0.181. The molecule has 7 nitrogen and oxygen atoms in total. The number of fused-ring (bicyclic) bond motifs is 1. The summed E-state index contributed by atoms with van der Waals surface area (Å²) < 4.78 is 14.4. The molecule has 0 N–H and O–H groups in total. The van der Waals surface area contributed by atoms with Crippen molar-refractivity contribution in [3.8, 4) is 6.07 Å². The Hall–Kier alpha value is -2.59. The molecule has 32 heavy (non-hydrogen) atoms. The van der Waals surface area contributed by atoms with Crippen LogP contribution in [-0.2, 0) is 16.0 Å². The fourth-order valence-electron chi connectivity index (χ4n) is 5.97. The first-order valence-corrected chi connectivity index (χ1v) is 12.0. The van der Waals surface area contributed by atoms with Crippen LogP contribution in [0.5, 0.6) is 0 Å². The minimum Gasteiger partial charge on any atom is -0.441 e. The molecule has 5 rings (SSSR count). The summed E-state index contributed by atoms with van der Waals surface area (Å²) in [6.45, 7) is 5.07. The van der Waals surface area contributed by atoms with Crippen molar-refractivity contribution in [2.45, 2.75) is 76.0 Å². The maximum Gasteiger partial charge on any atom is 0.410 e. The van der Waals surface area contributed by atoms with E-state index in [1.165, 1.54) is 0 Å². The standard InChI is InChI=1S/C25H32N4O3/c1-2-24(9-3-4-11-31-24)16-29-17-25(32-23(29)30)10-5-6-20(13-25)15-28-18-27-21-8-7-19(14-26)12-22(21)28/h7-8,12,18,20H,2-6,9-11,13,15-17H2,1H3. The Morgan fingerprint density at radius 1 is 1.28 bits per heavy atom. The summed E-state index contributed by atoms with van der Waals surface area (Å²) in [5.41, 5.74) is 1.94. The maximum absolute atomic E-state index is 12.9. The molecule has 170 valence electrons. The van der Waals surface area contributed by atoms with Crippen molar-refractivity contribution in [3.63, 3.8) is 0 Å². The van der Waals surface area contributed by atoms with Gasteiger partial charge < -0.3 is 18.9 Å². The molecule has 2 aromatic rings. The molecule has 1 aliphatic carbocycles. The van der Waals surface area contributed by atoms with E-state index in [1.807, 2.05) is 23.4 Å². The lowest BCUT2D eigenvalue weighted by Crippen LogP contribution is -2.48. The predicted molar refractivity (Wildman–Crippen MR) is 120 cm³/mol. The van der Waals surface area contributed by atoms with E-state index in [9.17, 15) is 10.1 Å². The molecule has 3 fully saturated rings. The van der Waals surface area contributed by atoms with Crippen LogP contribution in [0.4, 0.5) is 4.79 Å². The van der Waals surface area contributed by atoms with Crippen LogP contribution in [0.1, 0.15) is 63.9 Å². The van der Waals surface area contributed by atoms with Gasteiger partial charge in [0.05, 0.1) is 47.7 Å². The van der Waals surface area contributed by atoms with Crippen LogP contribution in [0.2, 0.25) is 0 Å². The van der Waals surface area contributed by atoms with E-state index in [0.29, 0.717) is 24.6 Å². The lowest BCUT2D eigenvalue weighted by molar-refractivity contribution is -0.0913. The number of ether oxygens (including phenoxy) is 2. The molecule has 3 atom stereocenters. The SMILES string of the molecule is CCC1(CN2CC3(CCCC(Cn4cnc5ccc(C#N)cc54)C3)OC2=O)CCCCO1. The van der Waals surface area contributed by atoms with Crippen LogP contribution < -0.4 is 0 Å². The molecular weight excluding hydrogens is 404 g/mol. The topological polar surface area (TPSA) is 80.4 Å². The maximum atomic E-state index is 12.9. The number of nitriles is 1. The molecule has 0 radical (unpaired) electrons. The van der Waals surface area contributed by atoms with Gasteiger partial charge in [-0.15, -0.1) is 0 Å². The number of hydrogen-bond donors (Lipinski definition) is 0. The fourth-order valence-corrected chi connectivity index (χ4v) is 5.97. The molecular formula is C25H32N4O3. The highest BCUT2D eigenvalue weighted by Gasteiger charge is 2.50. The van der Waals surface area contributed by atoms with Crippen molar-refractivity contribution in [2.24, 2.45) is 5.92 Å². The molecule has 3 unspecified atom stereocenters. The van der Waals surface area contributed by atoms with E-state index < -0.39 is 5.60 Å². The lowest BCUT2D eigenvalue weighted by Gasteiger charge is -2.39. The largest absolute Gasteiger partial charge is 0.441 e. The molecule has 3 aliphatic rings. The van der Waals surface area contributed by atoms with Crippen molar-refractivity contribution in [3.05, 3.63) is 30.1 Å². The first kappa shape index (κ1) is 21.3. The third-order valence-electron chi connectivity index (χ3n) is 7.71. The fraction of sp³-hybridized carbons (Fsp3) is 0.640. The van der Waals surface area contributed by atoms with Gasteiger partial charge >= 0.3 is 6.09 Å². The van der Waals surface area contributed by atoms with Gasteiger partial charge in [-0.25, -0.2) is 9.78 Å². The van der Waals surface area contributed by atoms with Crippen LogP contribution in [0.3, 0.4) is 0 Å². The Kier molecular flexibility index (Phi) is 5.58. The van der Waals surface area contributed by atoms with E-state index in [0.717, 1.165) is 75.6 Å². The first-order chi connectivity index (χ1) is 15.5. The highest BCUT2D eigenvalue weighted by molar-refractivity contribution is 5.77. The number of imidazole rings is 1. The van der Waals surface area contributed by atoms with Gasteiger partial charge in [-0.1, -0.05) is 6.92 Å². The molecule has 0 bridgehead atoms. The molecule has 1 spiro atoms. The van der Waals surface area contributed by atoms with Gasteiger partial charge in [-0.2, -0.15) is 5.26 Å². The summed E-state index contributed by atoms with van der Waals surface area (Å²) in [6.07, 6.45) is 9.85. The summed E-state index contributed by atoms with van der Waals surface area (Å²) >= 11 is 0. The van der Waals surface area contributed by atoms with Crippen molar-refractivity contribution in [1.29, 1.82) is 5.26 Å². The van der Waals surface area contributed by atoms with Gasteiger partial charge in [0, 0.05) is 13.2 Å². The Morgan fingerprint density at radius 2 is 2.19 bits per heavy atom. The number of nitrogens with zero attached hydrogens (tertiary/aromatic N) is 4. The third-order valence-corrected chi connectivity index (χ3v) is 7.71. The average molecular weight is 437 g/mol. The van der Waals surface area contributed by atoms with E-state index >= 15 is 0 Å². The van der Waals surface area contributed by atoms with Gasteiger partial charge in [0.2, 0.25) is 0 Å². The van der Waals surface area contributed by atoms with Crippen molar-refractivity contribution < 1.29 is 14.3 Å². The van der Waals surface area contributed by atoms with Crippen LogP contribution in [-0.4, -0.2) is 51.4 Å². The van der Waals surface area contributed by atoms with Gasteiger partial charge in [-0.05, 0) is 75.5 Å². The molecule has 2 saturated heterocycles. The Balaban J connectivity index is 1.29. The number of amides is 1. The summed E-state index contributed by atoms with van der Waals surface area (Å²) in [4.78, 5) is 19.3. The second kappa shape index (κ2) is 8.40. The number of hydrogen-bond acceptors (Lipinski definition) is 5. The molecule has 1 saturated carbocycles. The quantitative estimate of drug-likeness (QED) is 0.682. The smallest absolute Gasteiger partial charge is 0.410 e. The zero-order valence-corrected chi connectivity index (χ0v) is 18.9. The molecule has 1 aromatic heterocycles. The van der Waals surface area contributed by atoms with E-state index in [-0.39, 0.29) is 11.7 Å². The van der Waals surface area contributed by atoms with Crippen molar-refractivity contribution in [1.82, 2.24) is 14.5 Å². The van der Waals surface area contributed by atoms with Crippen LogP contribution in [0, 0.1) is 17.2 Å². The summed E-state index contributed by atoms with van der Waals surface area (Å²) in [5.74, 6) is 0.408. The van der Waals surface area contributed by atoms with Crippen molar-refractivity contribution >= 4 is 17.1 Å². The molecule has 7 heteroatoms. The molecule has 1 amide bonds. The first-order valence-electron chi connectivity index (χ1n) is 12.0. The Labute approximate surface area is 189 Å². The summed E-state index contributed by atoms with van der Waals surface area (Å²) in [5, 5.41) is 9.25. The van der Waals surface area contributed by atoms with E-state index in [1.54, 1.807) is 6.07 Å². The van der Waals surface area contributed by atoms with E-state index in [2.05, 4.69) is 22.5 Å². The predicted octanol–water partition coefficient (Wildman–Crippen LogP) is 4.64. The van der Waals surface area contributed by atoms with Crippen LogP contribution in [0.15, 0.2) is 24.5 Å². The molecule has 3 heterocycles. The highest BCUT2D eigenvalue weighted by Crippen LogP contribution is 2.42. The second-order valence-corrected chi connectivity index (χ2v) is 9.92. The monoisotopic (exact) mass is 436 g/mol. The van der Waals surface area contributed by atoms with Crippen LogP contribution in [0.25, 0.3) is 11.0 Å². The van der Waals surface area contributed by atoms with Gasteiger partial charge in [0.25, 0.3) is 0 Å². The number of carbonyl (C=O) groups excluding carboxylic acids is 1. The van der Waals surface area contributed by atoms with Gasteiger partial charge in [-0.3, -0.25) is 0 Å². The zero-order valence-electron chi connectivity index (χ0n) is 18.9. The number of benzene rings is 1. The van der Waals surface area contributed by atoms with Gasteiger partial charge in [0.15, 0.2) is 0 Å². The second-order valence-electron chi connectivity index (χ2n) is 9.92. The summed E-state index contributed by atoms with van der Waals surface area (Å²) in [6, 6.07) is 7.83. The average Bonchev–Trinajstić information content (AvgIpc) is 3.34. The Morgan fingerprint density at radius 3 is 2.97 bits per heavy atom. The van der Waals surface area contributed by atoms with Gasteiger partial charge in [0.1, 0.15) is 5.60 Å². The summed E-state index contributed by atoms with van der Waals surface area (Å²) in [7, 11) is 0. The lowest BCUT2D eigenvalue weighted by atomic mass is 9.77. The molecule has 2 aliphatic heterocycles. The number of rotatable bonds is 5. The Bertz CT molecular complexity index is 1040. The van der Waals surface area contributed by atoms with Crippen LogP contribution >= 0.6 is 0 Å². The van der Waals surface area contributed by atoms with E-state index in [4.69, 9.17) is 9.47 Å². The minimum atomic E-state index is -0.391. The third kappa shape index (κ3) is 3.97.